The number of ether oxygens (including phenoxy) is 2. The molecule has 0 fully saturated rings. The summed E-state index contributed by atoms with van der Waals surface area (Å²) in [4.78, 5) is 24.0. The SMILES string of the molecule is NC(=O)CCCn1c(SC2=COC(c3ccccc3I)O2)nc2c(N)ncnc21. The van der Waals surface area contributed by atoms with E-state index < -0.39 is 6.29 Å². The number of primary amides is 1. The molecule has 29 heavy (non-hydrogen) atoms. The number of benzene rings is 1. The first kappa shape index (κ1) is 19.8. The molecule has 1 amide bonds. The van der Waals surface area contributed by atoms with Crippen molar-refractivity contribution >= 4 is 57.2 Å². The zero-order valence-electron chi connectivity index (χ0n) is 15.1. The standard InChI is InChI=1S/C18H17IN6O3S/c19-11-5-2-1-4-10(11)17-27-8-13(28-17)29-18-24-14-15(21)22-9-23-16(14)25(18)7-3-6-12(20)26/h1-2,4-5,8-9,17H,3,6-7H2,(H2,20,26)(H2,21,22,23). The largest absolute Gasteiger partial charge is 0.454 e. The van der Waals surface area contributed by atoms with Crippen LogP contribution < -0.4 is 11.5 Å². The van der Waals surface area contributed by atoms with Gasteiger partial charge in [-0.1, -0.05) is 18.2 Å². The molecule has 1 atom stereocenters. The van der Waals surface area contributed by atoms with Gasteiger partial charge in [-0.15, -0.1) is 0 Å². The molecule has 1 aromatic carbocycles. The molecule has 11 heteroatoms. The van der Waals surface area contributed by atoms with E-state index in [-0.39, 0.29) is 12.3 Å². The fourth-order valence-electron chi connectivity index (χ4n) is 2.84. The van der Waals surface area contributed by atoms with E-state index in [2.05, 4.69) is 37.5 Å². The summed E-state index contributed by atoms with van der Waals surface area (Å²) >= 11 is 3.55. The lowest BCUT2D eigenvalue weighted by Crippen LogP contribution is -2.12. The topological polar surface area (TPSA) is 131 Å². The molecule has 0 saturated heterocycles. The van der Waals surface area contributed by atoms with Gasteiger partial charge in [0.05, 0.1) is 0 Å². The molecular weight excluding hydrogens is 507 g/mol. The Kier molecular flexibility index (Phi) is 5.76. The summed E-state index contributed by atoms with van der Waals surface area (Å²) in [6, 6.07) is 7.86. The first-order valence-corrected chi connectivity index (χ1v) is 10.6. The summed E-state index contributed by atoms with van der Waals surface area (Å²) in [6.07, 6.45) is 3.27. The molecular formula is C18H17IN6O3S. The highest BCUT2D eigenvalue weighted by molar-refractivity contribution is 14.1. The molecule has 1 aliphatic heterocycles. The molecule has 0 spiro atoms. The van der Waals surface area contributed by atoms with E-state index in [0.717, 1.165) is 9.13 Å². The predicted octanol–water partition coefficient (Wildman–Crippen LogP) is 2.92. The summed E-state index contributed by atoms with van der Waals surface area (Å²) in [5.41, 5.74) is 13.3. The lowest BCUT2D eigenvalue weighted by Gasteiger charge is -2.13. The number of hydrogen-bond acceptors (Lipinski definition) is 8. The average Bonchev–Trinajstić information content (AvgIpc) is 3.28. The van der Waals surface area contributed by atoms with Gasteiger partial charge in [0.1, 0.15) is 12.6 Å². The minimum Gasteiger partial charge on any atom is -0.454 e. The average molecular weight is 524 g/mol. The van der Waals surface area contributed by atoms with Gasteiger partial charge in [0.2, 0.25) is 11.0 Å². The number of carbonyl (C=O) groups is 1. The predicted molar refractivity (Wildman–Crippen MR) is 116 cm³/mol. The number of aromatic nitrogens is 4. The second kappa shape index (κ2) is 8.45. The van der Waals surface area contributed by atoms with Crippen LogP contribution in [-0.2, 0) is 20.8 Å². The third-order valence-corrected chi connectivity index (χ3v) is 6.06. The van der Waals surface area contributed by atoms with Crippen molar-refractivity contribution in [1.29, 1.82) is 0 Å². The van der Waals surface area contributed by atoms with Crippen LogP contribution in [0.25, 0.3) is 11.2 Å². The Morgan fingerprint density at radius 1 is 1.31 bits per heavy atom. The number of amides is 1. The Hall–Kier alpha value is -2.54. The van der Waals surface area contributed by atoms with E-state index in [1.165, 1.54) is 18.1 Å². The van der Waals surface area contributed by atoms with Crippen LogP contribution in [0.4, 0.5) is 5.82 Å². The second-order valence-electron chi connectivity index (χ2n) is 6.19. The van der Waals surface area contributed by atoms with E-state index in [4.69, 9.17) is 20.9 Å². The molecule has 4 rings (SSSR count). The fourth-order valence-corrected chi connectivity index (χ4v) is 4.33. The Morgan fingerprint density at radius 3 is 2.93 bits per heavy atom. The van der Waals surface area contributed by atoms with Gasteiger partial charge in [0, 0.05) is 22.1 Å². The smallest absolute Gasteiger partial charge is 0.268 e. The van der Waals surface area contributed by atoms with Crippen LogP contribution in [0, 0.1) is 3.57 Å². The molecule has 1 aliphatic rings. The van der Waals surface area contributed by atoms with Crippen LogP contribution in [0.15, 0.2) is 47.1 Å². The van der Waals surface area contributed by atoms with Crippen LogP contribution in [0.3, 0.4) is 0 Å². The van der Waals surface area contributed by atoms with E-state index in [1.54, 1.807) is 6.26 Å². The molecule has 3 heterocycles. The summed E-state index contributed by atoms with van der Waals surface area (Å²) < 4.78 is 14.6. The number of nitrogen functional groups attached to an aromatic ring is 1. The van der Waals surface area contributed by atoms with Crippen molar-refractivity contribution in [2.24, 2.45) is 5.73 Å². The zero-order valence-corrected chi connectivity index (χ0v) is 18.1. The maximum Gasteiger partial charge on any atom is 0.268 e. The van der Waals surface area contributed by atoms with Gasteiger partial charge in [0.15, 0.2) is 22.1 Å². The first-order chi connectivity index (χ1) is 14.0. The molecule has 4 N–H and O–H groups in total. The van der Waals surface area contributed by atoms with Crippen molar-refractivity contribution in [3.63, 3.8) is 0 Å². The van der Waals surface area contributed by atoms with Crippen molar-refractivity contribution in [3.05, 3.63) is 51.1 Å². The minimum absolute atomic E-state index is 0.265. The highest BCUT2D eigenvalue weighted by Gasteiger charge is 2.26. The normalized spacial score (nSPS) is 15.8. The van der Waals surface area contributed by atoms with Gasteiger partial charge in [-0.05, 0) is 46.8 Å². The first-order valence-electron chi connectivity index (χ1n) is 8.72. The third-order valence-electron chi connectivity index (χ3n) is 4.19. The van der Waals surface area contributed by atoms with Gasteiger partial charge in [-0.25, -0.2) is 15.0 Å². The number of thioether (sulfide) groups is 1. The summed E-state index contributed by atoms with van der Waals surface area (Å²) in [5, 5.41) is 1.18. The molecule has 0 aliphatic carbocycles. The Bertz CT molecular complexity index is 1100. The van der Waals surface area contributed by atoms with E-state index in [0.29, 0.717) is 40.2 Å². The van der Waals surface area contributed by atoms with Gasteiger partial charge in [0.25, 0.3) is 6.29 Å². The highest BCUT2D eigenvalue weighted by Crippen LogP contribution is 2.39. The van der Waals surface area contributed by atoms with Gasteiger partial charge in [-0.3, -0.25) is 4.79 Å². The minimum atomic E-state index is -0.511. The van der Waals surface area contributed by atoms with E-state index in [1.807, 2.05) is 28.8 Å². The van der Waals surface area contributed by atoms with Crippen molar-refractivity contribution in [3.8, 4) is 0 Å². The lowest BCUT2D eigenvalue weighted by molar-refractivity contribution is -0.118. The Labute approximate surface area is 184 Å². The maximum atomic E-state index is 11.1. The number of halogens is 1. The maximum absolute atomic E-state index is 11.1. The number of fused-ring (bicyclic) bond motifs is 1. The third kappa shape index (κ3) is 4.24. The monoisotopic (exact) mass is 524 g/mol. The number of aryl methyl sites for hydroxylation is 1. The molecule has 1 unspecified atom stereocenters. The lowest BCUT2D eigenvalue weighted by atomic mass is 10.2. The second-order valence-corrected chi connectivity index (χ2v) is 8.33. The number of rotatable bonds is 7. The molecule has 0 saturated carbocycles. The number of carbonyl (C=O) groups excluding carboxylic acids is 1. The van der Waals surface area contributed by atoms with Crippen LogP contribution in [0.5, 0.6) is 0 Å². The van der Waals surface area contributed by atoms with Crippen LogP contribution in [0.2, 0.25) is 0 Å². The Morgan fingerprint density at radius 2 is 2.14 bits per heavy atom. The highest BCUT2D eigenvalue weighted by atomic mass is 127. The zero-order chi connectivity index (χ0) is 20.4. The molecule has 9 nitrogen and oxygen atoms in total. The van der Waals surface area contributed by atoms with Gasteiger partial charge < -0.3 is 25.5 Å². The van der Waals surface area contributed by atoms with Gasteiger partial charge in [-0.2, -0.15) is 0 Å². The van der Waals surface area contributed by atoms with Crippen LogP contribution in [0.1, 0.15) is 24.7 Å². The number of hydrogen-bond donors (Lipinski definition) is 2. The molecule has 0 radical (unpaired) electrons. The molecule has 2 aromatic heterocycles. The number of nitrogens with zero attached hydrogens (tertiary/aromatic N) is 4. The number of anilines is 1. The molecule has 150 valence electrons. The number of imidazole rings is 1. The number of nitrogens with two attached hydrogens (primary N) is 2. The van der Waals surface area contributed by atoms with Crippen molar-refractivity contribution < 1.29 is 14.3 Å². The molecule has 0 bridgehead atoms. The summed E-state index contributed by atoms with van der Waals surface area (Å²) in [7, 11) is 0. The van der Waals surface area contributed by atoms with E-state index >= 15 is 0 Å². The fraction of sp³-hybridized carbons (Fsp3) is 0.222. The Balaban J connectivity index is 1.56. The summed E-state index contributed by atoms with van der Waals surface area (Å²) in [5.74, 6) is -0.0620. The van der Waals surface area contributed by atoms with Crippen molar-refractivity contribution in [1.82, 2.24) is 19.5 Å². The quantitative estimate of drug-likeness (QED) is 0.452. The van der Waals surface area contributed by atoms with Crippen LogP contribution in [-0.4, -0.2) is 25.4 Å². The summed E-state index contributed by atoms with van der Waals surface area (Å²) in [6.45, 7) is 0.506. The van der Waals surface area contributed by atoms with Gasteiger partial charge >= 0.3 is 0 Å². The van der Waals surface area contributed by atoms with Crippen LogP contribution >= 0.6 is 34.4 Å². The van der Waals surface area contributed by atoms with E-state index in [9.17, 15) is 4.79 Å². The molecule has 3 aromatic rings. The van der Waals surface area contributed by atoms with Crippen molar-refractivity contribution in [2.75, 3.05) is 5.73 Å². The van der Waals surface area contributed by atoms with Crippen molar-refractivity contribution in [2.45, 2.75) is 30.8 Å².